The van der Waals surface area contributed by atoms with Gasteiger partial charge in [0.25, 0.3) is 0 Å². The van der Waals surface area contributed by atoms with Crippen molar-refractivity contribution in [2.45, 2.75) is 6.42 Å². The number of rotatable bonds is 0. The third-order valence-corrected chi connectivity index (χ3v) is 2.12. The van der Waals surface area contributed by atoms with E-state index in [-0.39, 0.29) is 5.88 Å². The lowest BCUT2D eigenvalue weighted by Gasteiger charge is -1.83. The van der Waals surface area contributed by atoms with Crippen LogP contribution in [0.5, 0.6) is 5.88 Å². The van der Waals surface area contributed by atoms with Gasteiger partial charge < -0.3 is 10.8 Å². The molecule has 1 heterocycles. The smallest absolute Gasteiger partial charge is 0.213 e. The highest BCUT2D eigenvalue weighted by Crippen LogP contribution is 2.32. The Morgan fingerprint density at radius 3 is 2.60 bits per heavy atom. The van der Waals surface area contributed by atoms with E-state index in [0.717, 1.165) is 12.1 Å². The number of anilines is 1. The number of fused-ring (bicyclic) bond motifs is 1. The van der Waals surface area contributed by atoms with Gasteiger partial charge in [-0.2, -0.15) is 0 Å². The minimum Gasteiger partial charge on any atom is -0.493 e. The molecular weight excluding hydrogens is 190 g/mol. The molecule has 3 rings (SSSR count). The van der Waals surface area contributed by atoms with Crippen LogP contribution in [0.25, 0.3) is 0 Å². The molecule has 0 amide bonds. The zero-order valence-corrected chi connectivity index (χ0v) is 8.09. The van der Waals surface area contributed by atoms with Crippen LogP contribution >= 0.6 is 0 Å². The first-order valence-corrected chi connectivity index (χ1v) is 4.58. The monoisotopic (exact) mass is 201 g/mol. The van der Waals surface area contributed by atoms with Crippen LogP contribution in [0.15, 0.2) is 36.8 Å². The summed E-state index contributed by atoms with van der Waals surface area (Å²) < 4.78 is 0. The molecule has 4 nitrogen and oxygen atoms in total. The number of aromatic hydroxyl groups is 1. The Labute approximate surface area is 87.4 Å². The molecule has 0 radical (unpaired) electrons. The highest BCUT2D eigenvalue weighted by Gasteiger charge is 2.17. The minimum absolute atomic E-state index is 0.00926. The van der Waals surface area contributed by atoms with E-state index in [2.05, 4.69) is 16.0 Å². The normalized spacial score (nSPS) is 10.9. The first-order chi connectivity index (χ1) is 7.27. The fraction of sp³-hybridized carbons (Fsp3) is 0.0909. The first kappa shape index (κ1) is 9.45. The second-order valence-corrected chi connectivity index (χ2v) is 3.23. The van der Waals surface area contributed by atoms with E-state index >= 15 is 0 Å². The van der Waals surface area contributed by atoms with Crippen molar-refractivity contribution in [1.29, 1.82) is 0 Å². The summed E-state index contributed by atoms with van der Waals surface area (Å²) in [6.07, 6.45) is 3.89. The molecule has 76 valence electrons. The van der Waals surface area contributed by atoms with Gasteiger partial charge in [0.1, 0.15) is 6.33 Å². The number of benzene rings is 1. The van der Waals surface area contributed by atoms with Crippen molar-refractivity contribution in [3.63, 3.8) is 0 Å². The lowest BCUT2D eigenvalue weighted by molar-refractivity contribution is 0.452. The van der Waals surface area contributed by atoms with E-state index < -0.39 is 0 Å². The topological polar surface area (TPSA) is 72.0 Å². The molecule has 0 atom stereocenters. The van der Waals surface area contributed by atoms with Crippen LogP contribution in [0.4, 0.5) is 5.69 Å². The van der Waals surface area contributed by atoms with Crippen LogP contribution in [-0.2, 0) is 6.42 Å². The van der Waals surface area contributed by atoms with Gasteiger partial charge in [0.15, 0.2) is 0 Å². The summed E-state index contributed by atoms with van der Waals surface area (Å²) in [7, 11) is 0. The Hall–Kier alpha value is -2.10. The third kappa shape index (κ3) is 2.43. The van der Waals surface area contributed by atoms with Crippen LogP contribution in [-0.4, -0.2) is 15.1 Å². The molecule has 1 aliphatic rings. The molecule has 0 saturated carbocycles. The van der Waals surface area contributed by atoms with Gasteiger partial charge in [-0.25, -0.2) is 9.97 Å². The van der Waals surface area contributed by atoms with Gasteiger partial charge in [-0.05, 0) is 17.2 Å². The molecule has 1 aliphatic carbocycles. The van der Waals surface area contributed by atoms with E-state index in [0.29, 0.717) is 0 Å². The SMILES string of the molecule is Nc1cccc2c1C2.Oc1ccncn1. The maximum absolute atomic E-state index is 8.48. The number of aromatic nitrogens is 2. The molecule has 15 heavy (non-hydrogen) atoms. The summed E-state index contributed by atoms with van der Waals surface area (Å²) in [5.74, 6) is 0.00926. The Morgan fingerprint density at radius 2 is 2.13 bits per heavy atom. The molecule has 2 aromatic rings. The first-order valence-electron chi connectivity index (χ1n) is 4.58. The second-order valence-electron chi connectivity index (χ2n) is 3.23. The van der Waals surface area contributed by atoms with Crippen molar-refractivity contribution in [1.82, 2.24) is 9.97 Å². The molecular formula is C11H11N3O. The summed E-state index contributed by atoms with van der Waals surface area (Å²) in [6, 6.07) is 7.48. The van der Waals surface area contributed by atoms with Gasteiger partial charge in [0, 0.05) is 24.4 Å². The Balaban J connectivity index is 0.000000115. The Kier molecular flexibility index (Phi) is 2.49. The molecule has 0 bridgehead atoms. The summed E-state index contributed by atoms with van der Waals surface area (Å²) in [6.45, 7) is 0. The largest absolute Gasteiger partial charge is 0.493 e. The van der Waals surface area contributed by atoms with Crippen molar-refractivity contribution >= 4 is 5.69 Å². The molecule has 1 aromatic heterocycles. The quantitative estimate of drug-likeness (QED) is 0.538. The summed E-state index contributed by atoms with van der Waals surface area (Å²) in [4.78, 5) is 7.00. The van der Waals surface area contributed by atoms with Gasteiger partial charge >= 0.3 is 0 Å². The molecule has 1 aromatic carbocycles. The molecule has 0 unspecified atom stereocenters. The maximum atomic E-state index is 8.48. The van der Waals surface area contributed by atoms with E-state index in [4.69, 9.17) is 10.8 Å². The Bertz CT molecular complexity index is 457. The number of nitrogens with two attached hydrogens (primary N) is 1. The van der Waals surface area contributed by atoms with Crippen LogP contribution in [0.1, 0.15) is 11.1 Å². The van der Waals surface area contributed by atoms with Crippen LogP contribution in [0.3, 0.4) is 0 Å². The molecule has 0 saturated heterocycles. The Morgan fingerprint density at radius 1 is 1.27 bits per heavy atom. The predicted molar refractivity (Wildman–Crippen MR) is 57.4 cm³/mol. The molecule has 4 heteroatoms. The van der Waals surface area contributed by atoms with Gasteiger partial charge in [-0.15, -0.1) is 0 Å². The standard InChI is InChI=1S/C7H7N.C4H4N2O/c8-7-3-1-2-5-4-6(5)7;7-4-1-2-5-3-6-4/h1-3H,4,8H2;1-3H,(H,5,6,7). The lowest BCUT2D eigenvalue weighted by Crippen LogP contribution is -1.80. The van der Waals surface area contributed by atoms with Crippen LogP contribution in [0.2, 0.25) is 0 Å². The zero-order valence-electron chi connectivity index (χ0n) is 8.09. The van der Waals surface area contributed by atoms with E-state index in [1.165, 1.54) is 29.7 Å². The average molecular weight is 201 g/mol. The number of nitrogen functional groups attached to an aromatic ring is 1. The fourth-order valence-corrected chi connectivity index (χ4v) is 1.25. The molecule has 0 fully saturated rings. The van der Waals surface area contributed by atoms with E-state index in [9.17, 15) is 0 Å². The molecule has 0 aliphatic heterocycles. The van der Waals surface area contributed by atoms with Crippen molar-refractivity contribution in [2.75, 3.05) is 5.73 Å². The molecule has 0 spiro atoms. The van der Waals surface area contributed by atoms with E-state index in [1.54, 1.807) is 0 Å². The lowest BCUT2D eigenvalue weighted by atomic mass is 10.3. The predicted octanol–water partition coefficient (Wildman–Crippen LogP) is 1.36. The highest BCUT2D eigenvalue weighted by atomic mass is 16.3. The zero-order chi connectivity index (χ0) is 10.7. The van der Waals surface area contributed by atoms with Gasteiger partial charge in [-0.3, -0.25) is 0 Å². The maximum Gasteiger partial charge on any atom is 0.213 e. The summed E-state index contributed by atoms with van der Waals surface area (Å²) in [5, 5.41) is 8.48. The van der Waals surface area contributed by atoms with Gasteiger partial charge in [0.2, 0.25) is 5.88 Å². The average Bonchev–Trinajstić information content (AvgIpc) is 3.00. The fourth-order valence-electron chi connectivity index (χ4n) is 1.25. The number of nitrogens with zero attached hydrogens (tertiary/aromatic N) is 2. The summed E-state index contributed by atoms with van der Waals surface area (Å²) in [5.41, 5.74) is 9.31. The van der Waals surface area contributed by atoms with Gasteiger partial charge in [-0.1, -0.05) is 12.1 Å². The van der Waals surface area contributed by atoms with Crippen LogP contribution in [0, 0.1) is 0 Å². The van der Waals surface area contributed by atoms with E-state index in [1.807, 2.05) is 12.1 Å². The number of hydrogen-bond acceptors (Lipinski definition) is 4. The third-order valence-electron chi connectivity index (χ3n) is 2.12. The van der Waals surface area contributed by atoms with Crippen molar-refractivity contribution < 1.29 is 5.11 Å². The van der Waals surface area contributed by atoms with Crippen molar-refractivity contribution in [2.24, 2.45) is 0 Å². The second kappa shape index (κ2) is 3.96. The van der Waals surface area contributed by atoms with Crippen molar-refractivity contribution in [3.8, 4) is 5.88 Å². The number of hydrogen-bond donors (Lipinski definition) is 2. The van der Waals surface area contributed by atoms with Gasteiger partial charge in [0.05, 0.1) is 0 Å². The molecule has 3 N–H and O–H groups in total. The van der Waals surface area contributed by atoms with Crippen molar-refractivity contribution in [3.05, 3.63) is 47.9 Å². The summed E-state index contributed by atoms with van der Waals surface area (Å²) >= 11 is 0. The minimum atomic E-state index is 0.00926. The highest BCUT2D eigenvalue weighted by molar-refractivity contribution is 5.61. The van der Waals surface area contributed by atoms with Crippen LogP contribution < -0.4 is 5.73 Å².